The van der Waals surface area contributed by atoms with Gasteiger partial charge in [-0.1, -0.05) is 0 Å². The van der Waals surface area contributed by atoms with Gasteiger partial charge in [0.15, 0.2) is 0 Å². The maximum atomic E-state index is 5.42. The SMILES string of the molecule is CNCC1(Cc2nc(C3CCOCC3)cs2)CC1. The van der Waals surface area contributed by atoms with Crippen molar-refractivity contribution in [2.75, 3.05) is 26.8 Å². The Bertz CT molecular complexity index is 394. The molecule has 2 heterocycles. The Hall–Kier alpha value is -0.450. The van der Waals surface area contributed by atoms with Crippen molar-refractivity contribution in [3.63, 3.8) is 0 Å². The van der Waals surface area contributed by atoms with E-state index in [0.717, 1.165) is 32.6 Å². The first-order valence-electron chi connectivity index (χ1n) is 6.98. The molecule has 18 heavy (non-hydrogen) atoms. The van der Waals surface area contributed by atoms with Crippen LogP contribution in [0, 0.1) is 5.41 Å². The van der Waals surface area contributed by atoms with E-state index < -0.39 is 0 Å². The first-order chi connectivity index (χ1) is 8.81. The standard InChI is InChI=1S/C14H22N2OS/c1-15-10-14(4-5-14)8-13-16-12(9-18-13)11-2-6-17-7-3-11/h9,11,15H,2-8,10H2,1H3. The molecule has 1 aliphatic heterocycles. The molecule has 0 atom stereocenters. The Balaban J connectivity index is 1.62. The molecular weight excluding hydrogens is 244 g/mol. The Kier molecular flexibility index (Phi) is 3.68. The quantitative estimate of drug-likeness (QED) is 0.889. The maximum absolute atomic E-state index is 5.42. The molecule has 4 heteroatoms. The van der Waals surface area contributed by atoms with Gasteiger partial charge in [0.2, 0.25) is 0 Å². The van der Waals surface area contributed by atoms with Gasteiger partial charge in [0.05, 0.1) is 10.7 Å². The van der Waals surface area contributed by atoms with Crippen LogP contribution in [-0.4, -0.2) is 31.8 Å². The number of ether oxygens (including phenoxy) is 1. The zero-order chi connectivity index (χ0) is 12.4. The van der Waals surface area contributed by atoms with Crippen molar-refractivity contribution in [1.82, 2.24) is 10.3 Å². The summed E-state index contributed by atoms with van der Waals surface area (Å²) in [7, 11) is 2.05. The van der Waals surface area contributed by atoms with Gasteiger partial charge in [-0.25, -0.2) is 4.98 Å². The van der Waals surface area contributed by atoms with Crippen LogP contribution in [0.25, 0.3) is 0 Å². The molecule has 3 nitrogen and oxygen atoms in total. The minimum atomic E-state index is 0.527. The Morgan fingerprint density at radius 2 is 2.22 bits per heavy atom. The van der Waals surface area contributed by atoms with E-state index in [-0.39, 0.29) is 0 Å². The second-order valence-electron chi connectivity index (χ2n) is 5.76. The Labute approximate surface area is 113 Å². The summed E-state index contributed by atoms with van der Waals surface area (Å²) >= 11 is 1.86. The predicted octanol–water partition coefficient (Wildman–Crippen LogP) is 2.58. The molecule has 0 radical (unpaired) electrons. The molecular formula is C14H22N2OS. The van der Waals surface area contributed by atoms with E-state index in [1.807, 2.05) is 11.3 Å². The molecule has 1 aromatic heterocycles. The summed E-state index contributed by atoms with van der Waals surface area (Å²) in [4.78, 5) is 4.88. The second kappa shape index (κ2) is 5.27. The Morgan fingerprint density at radius 1 is 1.44 bits per heavy atom. The highest BCUT2D eigenvalue weighted by atomic mass is 32.1. The molecule has 100 valence electrons. The van der Waals surface area contributed by atoms with Gasteiger partial charge in [0, 0.05) is 37.5 Å². The van der Waals surface area contributed by atoms with Crippen LogP contribution in [-0.2, 0) is 11.2 Å². The van der Waals surface area contributed by atoms with Crippen molar-refractivity contribution in [3.8, 4) is 0 Å². The zero-order valence-electron chi connectivity index (χ0n) is 11.1. The summed E-state index contributed by atoms with van der Waals surface area (Å²) in [6.45, 7) is 2.95. The lowest BCUT2D eigenvalue weighted by Gasteiger charge is -2.20. The highest BCUT2D eigenvalue weighted by Crippen LogP contribution is 2.48. The van der Waals surface area contributed by atoms with Gasteiger partial charge in [0.25, 0.3) is 0 Å². The molecule has 1 saturated carbocycles. The monoisotopic (exact) mass is 266 g/mol. The molecule has 0 bridgehead atoms. The number of hydrogen-bond donors (Lipinski definition) is 1. The van der Waals surface area contributed by atoms with Crippen LogP contribution in [0.3, 0.4) is 0 Å². The zero-order valence-corrected chi connectivity index (χ0v) is 11.9. The number of hydrogen-bond acceptors (Lipinski definition) is 4. The first kappa shape index (κ1) is 12.6. The number of aromatic nitrogens is 1. The summed E-state index contributed by atoms with van der Waals surface area (Å²) in [5, 5.41) is 6.94. The average molecular weight is 266 g/mol. The number of rotatable bonds is 5. The number of thiazole rings is 1. The highest BCUT2D eigenvalue weighted by molar-refractivity contribution is 7.09. The van der Waals surface area contributed by atoms with Crippen LogP contribution in [0.2, 0.25) is 0 Å². The fourth-order valence-electron chi connectivity index (χ4n) is 2.88. The van der Waals surface area contributed by atoms with Gasteiger partial charge in [-0.2, -0.15) is 0 Å². The van der Waals surface area contributed by atoms with Crippen molar-refractivity contribution in [2.45, 2.75) is 38.0 Å². The summed E-state index contributed by atoms with van der Waals surface area (Å²) < 4.78 is 5.42. The lowest BCUT2D eigenvalue weighted by molar-refractivity contribution is 0.0846. The minimum Gasteiger partial charge on any atom is -0.381 e. The van der Waals surface area contributed by atoms with E-state index >= 15 is 0 Å². The molecule has 0 unspecified atom stereocenters. The Morgan fingerprint density at radius 3 is 2.89 bits per heavy atom. The topological polar surface area (TPSA) is 34.2 Å². The van der Waals surface area contributed by atoms with E-state index in [0.29, 0.717) is 11.3 Å². The van der Waals surface area contributed by atoms with Gasteiger partial charge in [-0.05, 0) is 38.1 Å². The van der Waals surface area contributed by atoms with E-state index in [1.54, 1.807) is 0 Å². The van der Waals surface area contributed by atoms with Crippen LogP contribution in [0.15, 0.2) is 5.38 Å². The van der Waals surface area contributed by atoms with E-state index in [2.05, 4.69) is 17.7 Å². The third-order valence-electron chi connectivity index (χ3n) is 4.24. The second-order valence-corrected chi connectivity index (χ2v) is 6.70. The molecule has 0 spiro atoms. The lowest BCUT2D eigenvalue weighted by Crippen LogP contribution is -2.22. The van der Waals surface area contributed by atoms with Crippen LogP contribution >= 0.6 is 11.3 Å². The smallest absolute Gasteiger partial charge is 0.0934 e. The molecule has 0 amide bonds. The largest absolute Gasteiger partial charge is 0.381 e. The van der Waals surface area contributed by atoms with Crippen molar-refractivity contribution in [3.05, 3.63) is 16.1 Å². The van der Waals surface area contributed by atoms with Crippen molar-refractivity contribution in [1.29, 1.82) is 0 Å². The minimum absolute atomic E-state index is 0.527. The molecule has 1 aliphatic carbocycles. The van der Waals surface area contributed by atoms with Gasteiger partial charge in [-0.15, -0.1) is 11.3 Å². The predicted molar refractivity (Wildman–Crippen MR) is 74.2 cm³/mol. The lowest BCUT2D eigenvalue weighted by atomic mass is 9.97. The third-order valence-corrected chi connectivity index (χ3v) is 5.11. The van der Waals surface area contributed by atoms with Crippen molar-refractivity contribution >= 4 is 11.3 Å². The summed E-state index contributed by atoms with van der Waals surface area (Å²) in [6.07, 6.45) is 6.18. The third kappa shape index (κ3) is 2.76. The van der Waals surface area contributed by atoms with Gasteiger partial charge in [-0.3, -0.25) is 0 Å². The van der Waals surface area contributed by atoms with Crippen LogP contribution in [0.1, 0.15) is 42.3 Å². The van der Waals surface area contributed by atoms with Gasteiger partial charge in [0.1, 0.15) is 0 Å². The summed E-state index contributed by atoms with van der Waals surface area (Å²) in [6, 6.07) is 0. The van der Waals surface area contributed by atoms with E-state index in [4.69, 9.17) is 9.72 Å². The molecule has 1 N–H and O–H groups in total. The summed E-state index contributed by atoms with van der Waals surface area (Å²) in [5.41, 5.74) is 1.85. The van der Waals surface area contributed by atoms with Crippen LogP contribution < -0.4 is 5.32 Å². The van der Waals surface area contributed by atoms with Gasteiger partial charge < -0.3 is 10.1 Å². The first-order valence-corrected chi connectivity index (χ1v) is 7.86. The molecule has 2 fully saturated rings. The fourth-order valence-corrected chi connectivity index (χ4v) is 3.93. The fraction of sp³-hybridized carbons (Fsp3) is 0.786. The molecule has 1 aromatic rings. The van der Waals surface area contributed by atoms with Crippen LogP contribution in [0.4, 0.5) is 0 Å². The van der Waals surface area contributed by atoms with Crippen LogP contribution in [0.5, 0.6) is 0 Å². The summed E-state index contributed by atoms with van der Waals surface area (Å²) in [5.74, 6) is 0.642. The number of nitrogens with zero attached hydrogens (tertiary/aromatic N) is 1. The molecule has 2 aliphatic rings. The van der Waals surface area contributed by atoms with Gasteiger partial charge >= 0.3 is 0 Å². The molecule has 1 saturated heterocycles. The number of nitrogens with one attached hydrogen (secondary N) is 1. The average Bonchev–Trinajstić information content (AvgIpc) is 2.99. The van der Waals surface area contributed by atoms with Crippen molar-refractivity contribution in [2.24, 2.45) is 5.41 Å². The molecule has 3 rings (SSSR count). The van der Waals surface area contributed by atoms with Crippen molar-refractivity contribution < 1.29 is 4.74 Å². The van der Waals surface area contributed by atoms with E-state index in [1.165, 1.54) is 30.0 Å². The van der Waals surface area contributed by atoms with E-state index in [9.17, 15) is 0 Å². The normalized spacial score (nSPS) is 23.2. The maximum Gasteiger partial charge on any atom is 0.0934 e. The highest BCUT2D eigenvalue weighted by Gasteiger charge is 2.42. The molecule has 0 aromatic carbocycles.